The molecule has 16 heavy (non-hydrogen) atoms. The fourth-order valence-electron chi connectivity index (χ4n) is 2.04. The van der Waals surface area contributed by atoms with Crippen LogP contribution in [0.1, 0.15) is 42.2 Å². The van der Waals surface area contributed by atoms with Crippen LogP contribution in [0.5, 0.6) is 0 Å². The maximum atomic E-state index is 12.0. The lowest BCUT2D eigenvalue weighted by molar-refractivity contribution is 0.0897. The first-order valence-corrected chi connectivity index (χ1v) is 5.84. The summed E-state index contributed by atoms with van der Waals surface area (Å²) in [5, 5.41) is 12.1. The van der Waals surface area contributed by atoms with Crippen molar-refractivity contribution in [1.82, 2.24) is 9.88 Å². The molecule has 0 bridgehead atoms. The van der Waals surface area contributed by atoms with E-state index in [1.54, 1.807) is 0 Å². The Hall–Kier alpha value is -1.29. The number of hydrogen-bond donors (Lipinski definition) is 2. The first kappa shape index (κ1) is 9.90. The highest BCUT2D eigenvalue weighted by Crippen LogP contribution is 2.37. The lowest BCUT2D eigenvalue weighted by atomic mass is 10.2. The SMILES string of the molecule is O=C(NC1(CO)CC1)c1cccn1C1CC1. The fraction of sp³-hybridized carbons (Fsp3) is 0.583. The van der Waals surface area contributed by atoms with Gasteiger partial charge in [-0.1, -0.05) is 0 Å². The van der Waals surface area contributed by atoms with Gasteiger partial charge in [-0.2, -0.15) is 0 Å². The Bertz CT molecular complexity index is 416. The van der Waals surface area contributed by atoms with E-state index in [0.717, 1.165) is 18.5 Å². The van der Waals surface area contributed by atoms with E-state index in [2.05, 4.69) is 5.32 Å². The minimum atomic E-state index is -0.324. The fourth-order valence-corrected chi connectivity index (χ4v) is 2.04. The van der Waals surface area contributed by atoms with Crippen molar-refractivity contribution < 1.29 is 9.90 Å². The van der Waals surface area contributed by atoms with Crippen molar-refractivity contribution in [3.63, 3.8) is 0 Å². The Labute approximate surface area is 94.3 Å². The van der Waals surface area contributed by atoms with E-state index in [1.807, 2.05) is 22.9 Å². The normalized spacial score (nSPS) is 21.8. The summed E-state index contributed by atoms with van der Waals surface area (Å²) in [7, 11) is 0. The van der Waals surface area contributed by atoms with Gasteiger partial charge in [0.1, 0.15) is 5.69 Å². The van der Waals surface area contributed by atoms with Gasteiger partial charge >= 0.3 is 0 Å². The lowest BCUT2D eigenvalue weighted by Gasteiger charge is -2.15. The van der Waals surface area contributed by atoms with Gasteiger partial charge in [0, 0.05) is 12.2 Å². The summed E-state index contributed by atoms with van der Waals surface area (Å²) >= 11 is 0. The molecule has 0 unspecified atom stereocenters. The van der Waals surface area contributed by atoms with Crippen LogP contribution < -0.4 is 5.32 Å². The summed E-state index contributed by atoms with van der Waals surface area (Å²) in [5.41, 5.74) is 0.401. The monoisotopic (exact) mass is 220 g/mol. The summed E-state index contributed by atoms with van der Waals surface area (Å²) in [4.78, 5) is 12.0. The van der Waals surface area contributed by atoms with Gasteiger partial charge in [-0.25, -0.2) is 0 Å². The molecule has 2 aliphatic carbocycles. The number of carbonyl (C=O) groups is 1. The molecule has 0 spiro atoms. The Morgan fingerprint density at radius 2 is 2.31 bits per heavy atom. The first-order valence-electron chi connectivity index (χ1n) is 5.84. The maximum Gasteiger partial charge on any atom is 0.268 e. The highest BCUT2D eigenvalue weighted by Gasteiger charge is 2.44. The van der Waals surface area contributed by atoms with Crippen LogP contribution in [0.15, 0.2) is 18.3 Å². The molecule has 2 fully saturated rings. The van der Waals surface area contributed by atoms with Crippen molar-refractivity contribution in [2.75, 3.05) is 6.61 Å². The summed E-state index contributed by atoms with van der Waals surface area (Å²) < 4.78 is 2.04. The van der Waals surface area contributed by atoms with Crippen LogP contribution >= 0.6 is 0 Å². The highest BCUT2D eigenvalue weighted by atomic mass is 16.3. The second-order valence-electron chi connectivity index (χ2n) is 4.92. The number of nitrogens with zero attached hydrogens (tertiary/aromatic N) is 1. The number of aromatic nitrogens is 1. The number of aliphatic hydroxyl groups excluding tert-OH is 1. The molecule has 4 nitrogen and oxygen atoms in total. The molecule has 2 aliphatic rings. The second kappa shape index (κ2) is 3.35. The van der Waals surface area contributed by atoms with E-state index in [-0.39, 0.29) is 18.1 Å². The van der Waals surface area contributed by atoms with Crippen molar-refractivity contribution in [3.05, 3.63) is 24.0 Å². The molecule has 0 radical (unpaired) electrons. The minimum absolute atomic E-state index is 0.0445. The van der Waals surface area contributed by atoms with Crippen molar-refractivity contribution in [1.29, 1.82) is 0 Å². The molecule has 86 valence electrons. The van der Waals surface area contributed by atoms with Crippen LogP contribution in [0.2, 0.25) is 0 Å². The second-order valence-corrected chi connectivity index (χ2v) is 4.92. The molecule has 1 aromatic rings. The van der Waals surface area contributed by atoms with Gasteiger partial charge in [-0.3, -0.25) is 4.79 Å². The third-order valence-corrected chi connectivity index (χ3v) is 3.49. The zero-order chi connectivity index (χ0) is 11.2. The molecule has 2 N–H and O–H groups in total. The largest absolute Gasteiger partial charge is 0.394 e. The molecule has 3 rings (SSSR count). The van der Waals surface area contributed by atoms with E-state index in [0.29, 0.717) is 6.04 Å². The van der Waals surface area contributed by atoms with Gasteiger partial charge in [0.25, 0.3) is 5.91 Å². The Kier molecular flexibility index (Phi) is 2.07. The average molecular weight is 220 g/mol. The van der Waals surface area contributed by atoms with Gasteiger partial charge in [0.15, 0.2) is 0 Å². The van der Waals surface area contributed by atoms with E-state index in [9.17, 15) is 9.90 Å². The summed E-state index contributed by atoms with van der Waals surface area (Å²) in [6, 6.07) is 4.27. The molecule has 0 atom stereocenters. The van der Waals surface area contributed by atoms with Crippen LogP contribution in [0.25, 0.3) is 0 Å². The van der Waals surface area contributed by atoms with Gasteiger partial charge in [-0.05, 0) is 37.8 Å². The summed E-state index contributed by atoms with van der Waals surface area (Å²) in [5.74, 6) is -0.0524. The van der Waals surface area contributed by atoms with Crippen molar-refractivity contribution >= 4 is 5.91 Å². The molecular weight excluding hydrogens is 204 g/mol. The van der Waals surface area contributed by atoms with E-state index in [1.165, 1.54) is 12.8 Å². The predicted octanol–water partition coefficient (Wildman–Crippen LogP) is 1.08. The van der Waals surface area contributed by atoms with Crippen LogP contribution in [0, 0.1) is 0 Å². The van der Waals surface area contributed by atoms with Crippen molar-refractivity contribution in [2.24, 2.45) is 0 Å². The molecule has 0 saturated heterocycles. The number of aliphatic hydroxyl groups is 1. The molecule has 1 heterocycles. The van der Waals surface area contributed by atoms with Crippen LogP contribution in [-0.4, -0.2) is 27.7 Å². The third kappa shape index (κ3) is 1.63. The van der Waals surface area contributed by atoms with E-state index >= 15 is 0 Å². The molecule has 2 saturated carbocycles. The predicted molar refractivity (Wildman–Crippen MR) is 59.2 cm³/mol. The standard InChI is InChI=1S/C12H16N2O2/c15-8-12(5-6-12)13-11(16)10-2-1-7-14(10)9-3-4-9/h1-2,7,9,15H,3-6,8H2,(H,13,16). The quantitative estimate of drug-likeness (QED) is 0.797. The van der Waals surface area contributed by atoms with Gasteiger partial charge in [-0.15, -0.1) is 0 Å². The molecule has 1 aromatic heterocycles. The zero-order valence-electron chi connectivity index (χ0n) is 9.15. The van der Waals surface area contributed by atoms with Crippen molar-refractivity contribution in [2.45, 2.75) is 37.3 Å². The maximum absolute atomic E-state index is 12.0. The molecule has 1 amide bonds. The van der Waals surface area contributed by atoms with Gasteiger partial charge < -0.3 is 15.0 Å². The number of nitrogens with one attached hydrogen (secondary N) is 1. The lowest BCUT2D eigenvalue weighted by Crippen LogP contribution is -2.40. The topological polar surface area (TPSA) is 54.3 Å². The Morgan fingerprint density at radius 1 is 1.56 bits per heavy atom. The molecule has 4 heteroatoms. The first-order chi connectivity index (χ1) is 7.74. The number of carbonyl (C=O) groups excluding carboxylic acids is 1. The van der Waals surface area contributed by atoms with Crippen molar-refractivity contribution in [3.8, 4) is 0 Å². The zero-order valence-corrected chi connectivity index (χ0v) is 9.15. The number of hydrogen-bond acceptors (Lipinski definition) is 2. The molecular formula is C12H16N2O2. The molecule has 0 aliphatic heterocycles. The highest BCUT2D eigenvalue weighted by molar-refractivity contribution is 5.93. The minimum Gasteiger partial charge on any atom is -0.394 e. The number of amides is 1. The van der Waals surface area contributed by atoms with Crippen LogP contribution in [0.4, 0.5) is 0 Å². The summed E-state index contributed by atoms with van der Waals surface area (Å²) in [6.07, 6.45) is 6.07. The van der Waals surface area contributed by atoms with Crippen LogP contribution in [0.3, 0.4) is 0 Å². The van der Waals surface area contributed by atoms with Gasteiger partial charge in [0.05, 0.1) is 12.1 Å². The van der Waals surface area contributed by atoms with E-state index in [4.69, 9.17) is 0 Å². The Balaban J connectivity index is 1.76. The van der Waals surface area contributed by atoms with Gasteiger partial charge in [0.2, 0.25) is 0 Å². The average Bonchev–Trinajstić information content (AvgIpc) is 3.20. The number of rotatable bonds is 4. The van der Waals surface area contributed by atoms with E-state index < -0.39 is 0 Å². The molecule has 0 aromatic carbocycles. The smallest absolute Gasteiger partial charge is 0.268 e. The summed E-state index contributed by atoms with van der Waals surface area (Å²) in [6.45, 7) is 0.0445. The third-order valence-electron chi connectivity index (χ3n) is 3.49. The van der Waals surface area contributed by atoms with Crippen LogP contribution in [-0.2, 0) is 0 Å². The Morgan fingerprint density at radius 3 is 2.88 bits per heavy atom.